The van der Waals surface area contributed by atoms with Crippen LogP contribution in [0.2, 0.25) is 0 Å². The summed E-state index contributed by atoms with van der Waals surface area (Å²) in [6.07, 6.45) is 3.26. The van der Waals surface area contributed by atoms with Crippen molar-refractivity contribution in [3.05, 3.63) is 24.5 Å². The number of sulfonamides is 1. The molecule has 0 saturated carbocycles. The second kappa shape index (κ2) is 5.07. The molecule has 1 unspecified atom stereocenters. The number of aromatic nitrogens is 1. The Labute approximate surface area is 106 Å². The number of pyridine rings is 1. The van der Waals surface area contributed by atoms with Crippen LogP contribution in [-0.4, -0.2) is 23.9 Å². The van der Waals surface area contributed by atoms with Crippen molar-refractivity contribution in [2.75, 3.05) is 0 Å². The zero-order valence-electron chi connectivity index (χ0n) is 9.67. The Balaban J connectivity index is 3.07. The fraction of sp³-hybridized carbons (Fsp3) is 0.400. The fourth-order valence-corrected chi connectivity index (χ4v) is 2.84. The summed E-state index contributed by atoms with van der Waals surface area (Å²) in [5, 5.41) is 0. The van der Waals surface area contributed by atoms with Gasteiger partial charge in [0.25, 0.3) is 0 Å². The van der Waals surface area contributed by atoms with Crippen LogP contribution in [0, 0.1) is 0 Å². The van der Waals surface area contributed by atoms with Crippen molar-refractivity contribution in [1.29, 1.82) is 0 Å². The van der Waals surface area contributed by atoms with Crippen molar-refractivity contribution >= 4 is 27.2 Å². The zero-order chi connectivity index (χ0) is 13.1. The molecule has 17 heavy (non-hydrogen) atoms. The van der Waals surface area contributed by atoms with Gasteiger partial charge in [0, 0.05) is 12.4 Å². The number of nitrogens with two attached hydrogens (primary N) is 1. The molecule has 1 heterocycles. The first-order valence-electron chi connectivity index (χ1n) is 5.06. The molecular formula is C10H15N3O2S2. The van der Waals surface area contributed by atoms with E-state index in [1.165, 1.54) is 18.5 Å². The maximum atomic E-state index is 12.0. The molecule has 7 heteroatoms. The van der Waals surface area contributed by atoms with Crippen LogP contribution in [0.15, 0.2) is 29.4 Å². The smallest absolute Gasteiger partial charge is 0.242 e. The molecule has 3 N–H and O–H groups in total. The minimum Gasteiger partial charge on any atom is -0.392 e. The molecule has 1 atom stereocenters. The lowest BCUT2D eigenvalue weighted by molar-refractivity contribution is 0.511. The predicted octanol–water partition coefficient (Wildman–Crippen LogP) is 0.815. The Kier molecular flexibility index (Phi) is 4.18. The van der Waals surface area contributed by atoms with Crippen molar-refractivity contribution < 1.29 is 8.42 Å². The van der Waals surface area contributed by atoms with Crippen molar-refractivity contribution in [2.45, 2.75) is 30.7 Å². The van der Waals surface area contributed by atoms with Crippen molar-refractivity contribution in [3.63, 3.8) is 0 Å². The molecule has 1 aromatic heterocycles. The van der Waals surface area contributed by atoms with Gasteiger partial charge >= 0.3 is 0 Å². The highest BCUT2D eigenvalue weighted by Crippen LogP contribution is 2.15. The summed E-state index contributed by atoms with van der Waals surface area (Å²) in [7, 11) is -3.66. The van der Waals surface area contributed by atoms with E-state index in [0.29, 0.717) is 6.42 Å². The topological polar surface area (TPSA) is 85.1 Å². The van der Waals surface area contributed by atoms with E-state index in [2.05, 4.69) is 9.71 Å². The largest absolute Gasteiger partial charge is 0.392 e. The van der Waals surface area contributed by atoms with Gasteiger partial charge < -0.3 is 5.73 Å². The Morgan fingerprint density at radius 3 is 2.71 bits per heavy atom. The van der Waals surface area contributed by atoms with E-state index < -0.39 is 15.6 Å². The SMILES string of the molecule is CCC(C)(NS(=O)(=O)c1cccnc1)C(N)=S. The summed E-state index contributed by atoms with van der Waals surface area (Å²) in [6, 6.07) is 3.02. The average molecular weight is 273 g/mol. The highest BCUT2D eigenvalue weighted by atomic mass is 32.2. The van der Waals surface area contributed by atoms with Crippen molar-refractivity contribution in [1.82, 2.24) is 9.71 Å². The second-order valence-corrected chi connectivity index (χ2v) is 5.97. The van der Waals surface area contributed by atoms with Gasteiger partial charge in [-0.2, -0.15) is 4.72 Å². The third kappa shape index (κ3) is 3.21. The Morgan fingerprint density at radius 1 is 1.65 bits per heavy atom. The van der Waals surface area contributed by atoms with Crippen LogP contribution in [0.25, 0.3) is 0 Å². The number of nitrogens with zero attached hydrogens (tertiary/aromatic N) is 1. The molecule has 0 fully saturated rings. The molecule has 0 spiro atoms. The van der Waals surface area contributed by atoms with Crippen LogP contribution in [0.4, 0.5) is 0 Å². The fourth-order valence-electron chi connectivity index (χ4n) is 1.16. The third-order valence-electron chi connectivity index (χ3n) is 2.56. The normalized spacial score (nSPS) is 15.2. The number of hydrogen-bond donors (Lipinski definition) is 2. The number of nitrogens with one attached hydrogen (secondary N) is 1. The third-order valence-corrected chi connectivity index (χ3v) is 4.59. The zero-order valence-corrected chi connectivity index (χ0v) is 11.3. The molecule has 1 aromatic rings. The summed E-state index contributed by atoms with van der Waals surface area (Å²) >= 11 is 4.88. The van der Waals surface area contributed by atoms with Gasteiger partial charge in [-0.25, -0.2) is 8.42 Å². The molecule has 1 rings (SSSR count). The monoisotopic (exact) mass is 273 g/mol. The molecular weight excluding hydrogens is 258 g/mol. The molecule has 0 aliphatic heterocycles. The maximum Gasteiger partial charge on any atom is 0.242 e. The van der Waals surface area contributed by atoms with Gasteiger partial charge in [0.15, 0.2) is 0 Å². The lowest BCUT2D eigenvalue weighted by atomic mass is 10.0. The van der Waals surface area contributed by atoms with Crippen LogP contribution in [0.3, 0.4) is 0 Å². The van der Waals surface area contributed by atoms with Gasteiger partial charge in [-0.1, -0.05) is 19.1 Å². The molecule has 0 aliphatic rings. The van der Waals surface area contributed by atoms with Crippen LogP contribution in [0.1, 0.15) is 20.3 Å². The predicted molar refractivity (Wildman–Crippen MR) is 70.0 cm³/mol. The lowest BCUT2D eigenvalue weighted by Crippen LogP contribution is -2.53. The minimum absolute atomic E-state index is 0.0934. The number of rotatable bonds is 5. The van der Waals surface area contributed by atoms with E-state index in [1.807, 2.05) is 6.92 Å². The van der Waals surface area contributed by atoms with Gasteiger partial charge in [-0.3, -0.25) is 4.98 Å². The molecule has 0 amide bonds. The standard InChI is InChI=1S/C10H15N3O2S2/c1-3-10(2,9(11)16)13-17(14,15)8-5-4-6-12-7-8/h4-7,13H,3H2,1-2H3,(H2,11,16). The first-order chi connectivity index (χ1) is 7.82. The molecule has 5 nitrogen and oxygen atoms in total. The number of hydrogen-bond acceptors (Lipinski definition) is 4. The molecule has 0 bridgehead atoms. The Bertz CT molecular complexity index is 502. The molecule has 0 aromatic carbocycles. The van der Waals surface area contributed by atoms with Gasteiger partial charge in [-0.15, -0.1) is 0 Å². The summed E-state index contributed by atoms with van der Waals surface area (Å²) in [5.74, 6) is 0. The summed E-state index contributed by atoms with van der Waals surface area (Å²) in [5.41, 5.74) is 4.63. The van der Waals surface area contributed by atoms with E-state index in [1.54, 1.807) is 13.0 Å². The lowest BCUT2D eigenvalue weighted by Gasteiger charge is -2.27. The molecule has 0 saturated heterocycles. The molecule has 0 aliphatic carbocycles. The van der Waals surface area contributed by atoms with E-state index >= 15 is 0 Å². The van der Waals surface area contributed by atoms with E-state index in [-0.39, 0.29) is 9.88 Å². The van der Waals surface area contributed by atoms with Gasteiger partial charge in [0.1, 0.15) is 4.90 Å². The quantitative estimate of drug-likeness (QED) is 0.776. The highest BCUT2D eigenvalue weighted by Gasteiger charge is 2.31. The van der Waals surface area contributed by atoms with Gasteiger partial charge in [0.05, 0.1) is 10.5 Å². The van der Waals surface area contributed by atoms with Crippen LogP contribution >= 0.6 is 12.2 Å². The van der Waals surface area contributed by atoms with E-state index in [0.717, 1.165) is 0 Å². The van der Waals surface area contributed by atoms with Crippen molar-refractivity contribution in [3.8, 4) is 0 Å². The minimum atomic E-state index is -3.66. The van der Waals surface area contributed by atoms with E-state index in [4.69, 9.17) is 18.0 Å². The summed E-state index contributed by atoms with van der Waals surface area (Å²) < 4.78 is 26.6. The summed E-state index contributed by atoms with van der Waals surface area (Å²) in [4.78, 5) is 3.98. The van der Waals surface area contributed by atoms with Crippen LogP contribution in [-0.2, 0) is 10.0 Å². The molecule has 0 radical (unpaired) electrons. The van der Waals surface area contributed by atoms with E-state index in [9.17, 15) is 8.42 Å². The first-order valence-corrected chi connectivity index (χ1v) is 6.95. The maximum absolute atomic E-state index is 12.0. The average Bonchev–Trinajstić information content (AvgIpc) is 2.29. The number of thiocarbonyl (C=S) groups is 1. The molecule has 94 valence electrons. The summed E-state index contributed by atoms with van der Waals surface area (Å²) in [6.45, 7) is 3.47. The van der Waals surface area contributed by atoms with Crippen LogP contribution in [0.5, 0.6) is 0 Å². The van der Waals surface area contributed by atoms with Crippen molar-refractivity contribution in [2.24, 2.45) is 5.73 Å². The van der Waals surface area contributed by atoms with Gasteiger partial charge in [-0.05, 0) is 25.5 Å². The second-order valence-electron chi connectivity index (χ2n) is 3.84. The Morgan fingerprint density at radius 2 is 2.29 bits per heavy atom. The van der Waals surface area contributed by atoms with Crippen LogP contribution < -0.4 is 10.5 Å². The highest BCUT2D eigenvalue weighted by molar-refractivity contribution is 7.89. The first kappa shape index (κ1) is 14.0. The van der Waals surface area contributed by atoms with Gasteiger partial charge in [0.2, 0.25) is 10.0 Å². The Hall–Kier alpha value is -1.05.